The Labute approximate surface area is 355 Å². The number of hydrogen-bond donors (Lipinski definition) is 3. The Morgan fingerprint density at radius 2 is 1.86 bits per heavy atom. The van der Waals surface area contributed by atoms with E-state index < -0.39 is 28.7 Å². The van der Waals surface area contributed by atoms with Crippen molar-refractivity contribution in [3.05, 3.63) is 72.5 Å². The Kier molecular flexibility index (Phi) is 13.2. The first kappa shape index (κ1) is 40.3. The van der Waals surface area contributed by atoms with Crippen molar-refractivity contribution in [1.82, 2.24) is 25.4 Å². The first-order chi connectivity index (χ1) is 23.5. The van der Waals surface area contributed by atoms with E-state index in [4.69, 9.17) is 23.8 Å². The van der Waals surface area contributed by atoms with E-state index in [2.05, 4.69) is 16.0 Å². The quantitative estimate of drug-likeness (QED) is 0.133. The van der Waals surface area contributed by atoms with E-state index >= 15 is 4.39 Å². The molecule has 2 aromatic heterocycles. The molecule has 1 amide bonds. The second-order valence-corrected chi connectivity index (χ2v) is 15.4. The van der Waals surface area contributed by atoms with E-state index in [0.29, 0.717) is 48.0 Å². The van der Waals surface area contributed by atoms with Gasteiger partial charge in [-0.2, -0.15) is 0 Å². The first-order valence-electron chi connectivity index (χ1n) is 15.7. The van der Waals surface area contributed by atoms with Crippen molar-refractivity contribution < 1.29 is 88.1 Å². The molecule has 12 nitrogen and oxygen atoms in total. The molecule has 3 fully saturated rings. The summed E-state index contributed by atoms with van der Waals surface area (Å²) >= 11 is 15.4. The monoisotopic (exact) mass is 790 g/mol. The summed E-state index contributed by atoms with van der Waals surface area (Å²) < 4.78 is 17.2. The van der Waals surface area contributed by atoms with Crippen LogP contribution in [0.3, 0.4) is 0 Å². The van der Waals surface area contributed by atoms with E-state index in [1.807, 2.05) is 17.5 Å². The van der Waals surface area contributed by atoms with Gasteiger partial charge in [-0.25, -0.2) is 4.39 Å². The zero-order chi connectivity index (χ0) is 34.6. The number of halogens is 2. The van der Waals surface area contributed by atoms with Gasteiger partial charge in [-0.1, -0.05) is 17.7 Å². The Morgan fingerprint density at radius 1 is 1.10 bits per heavy atom. The summed E-state index contributed by atoms with van der Waals surface area (Å²) in [5.41, 5.74) is -0.233. The smallest absolute Gasteiger partial charge is 0.545 e. The number of anilines is 1. The van der Waals surface area contributed by atoms with Gasteiger partial charge >= 0.3 is 59.1 Å². The summed E-state index contributed by atoms with van der Waals surface area (Å²) in [7, 11) is 0. The Balaban J connectivity index is 0.00000252. The average molecular weight is 791 g/mol. The van der Waals surface area contributed by atoms with E-state index in [0.717, 1.165) is 23.8 Å². The molecule has 3 aromatic rings. The number of nitrogens with one attached hydrogen (secondary N) is 3. The summed E-state index contributed by atoms with van der Waals surface area (Å²) in [6.45, 7) is 1.32. The van der Waals surface area contributed by atoms with Gasteiger partial charge in [0.1, 0.15) is 5.82 Å². The molecule has 0 spiro atoms. The molecule has 4 aliphatic rings. The molecule has 7 rings (SSSR count). The number of fused-ring (bicyclic) bond motifs is 2. The van der Waals surface area contributed by atoms with Crippen molar-refractivity contribution >= 4 is 86.5 Å². The number of carboxylic acids is 2. The Bertz CT molecular complexity index is 1980. The SMILES string of the molecule is O=C(Cc1cccs1)N[C@@H]1CN2C(C(=O)[O-])=C(CNC(=S)NC3CCN(c4c(F)cc5c(=O)c(C(=O)[O-])cn(C6CC6)c5c4Cl)C3)CS[C@H]12.[Na+].[Na+]. The number of nitrogens with zero attached hydrogens (tertiary/aromatic N) is 3. The van der Waals surface area contributed by atoms with E-state index in [-0.39, 0.29) is 123 Å². The van der Waals surface area contributed by atoms with Crippen LogP contribution in [0, 0.1) is 5.82 Å². The number of hydrogen-bond acceptors (Lipinski definition) is 11. The minimum Gasteiger partial charge on any atom is -0.545 e. The molecule has 1 aromatic carbocycles. The van der Waals surface area contributed by atoms with Crippen LogP contribution in [-0.2, 0) is 16.0 Å². The molecular formula is C32H30ClFN6Na2O6S3. The third-order valence-corrected chi connectivity index (χ3v) is 12.1. The van der Waals surface area contributed by atoms with Gasteiger partial charge in [-0.05, 0) is 54.6 Å². The number of pyridine rings is 1. The average Bonchev–Trinajstić information content (AvgIpc) is 3.57. The van der Waals surface area contributed by atoms with Gasteiger partial charge in [0.15, 0.2) is 10.5 Å². The van der Waals surface area contributed by atoms with Gasteiger partial charge in [0, 0.05) is 55.1 Å². The molecule has 258 valence electrons. The maximum Gasteiger partial charge on any atom is 1.00 e. The molecule has 5 heterocycles. The molecule has 3 aliphatic heterocycles. The number of benzene rings is 1. The summed E-state index contributed by atoms with van der Waals surface area (Å²) in [6, 6.07) is 4.44. The molecule has 1 aliphatic carbocycles. The van der Waals surface area contributed by atoms with Crippen LogP contribution in [0.2, 0.25) is 5.02 Å². The van der Waals surface area contributed by atoms with Gasteiger partial charge in [0.2, 0.25) is 5.91 Å². The number of carboxylic acid groups (broad SMARTS) is 2. The fraction of sp³-hybridized carbons (Fsp3) is 0.406. The number of amides is 1. The maximum absolute atomic E-state index is 15.6. The van der Waals surface area contributed by atoms with Gasteiger partial charge < -0.3 is 50.1 Å². The van der Waals surface area contributed by atoms with Crippen molar-refractivity contribution in [2.45, 2.75) is 49.2 Å². The molecular weight excluding hydrogens is 761 g/mol. The number of aromatic nitrogens is 1. The minimum atomic E-state index is -1.63. The van der Waals surface area contributed by atoms with Gasteiger partial charge in [-0.3, -0.25) is 9.59 Å². The third kappa shape index (κ3) is 8.30. The normalized spacial score (nSPS) is 20.9. The van der Waals surface area contributed by atoms with Crippen molar-refractivity contribution in [3.63, 3.8) is 0 Å². The van der Waals surface area contributed by atoms with Crippen LogP contribution in [0.25, 0.3) is 10.9 Å². The Hall–Kier alpha value is -1.86. The van der Waals surface area contributed by atoms with E-state index in [1.54, 1.807) is 26.1 Å². The topological polar surface area (TPSA) is 162 Å². The number of carbonyl (C=O) groups is 3. The van der Waals surface area contributed by atoms with Gasteiger partial charge in [-0.15, -0.1) is 23.1 Å². The zero-order valence-electron chi connectivity index (χ0n) is 27.8. The van der Waals surface area contributed by atoms with E-state index in [1.165, 1.54) is 17.5 Å². The largest absolute Gasteiger partial charge is 1.00 e. The van der Waals surface area contributed by atoms with Crippen LogP contribution in [-0.4, -0.2) is 81.8 Å². The molecule has 2 saturated heterocycles. The maximum atomic E-state index is 15.6. The molecule has 1 saturated carbocycles. The zero-order valence-corrected chi connectivity index (χ0v) is 35.0. The van der Waals surface area contributed by atoms with Gasteiger partial charge in [0.05, 0.1) is 62.6 Å². The minimum absolute atomic E-state index is 0. The van der Waals surface area contributed by atoms with Crippen LogP contribution >= 0.6 is 46.9 Å². The standard InChI is InChI=1S/C32H32ClFN6O6S3.2Na/c33-24-26-19(28(42)20(30(43)44)12-39(26)17-3-4-17)9-21(34)27(24)38-6-5-16(11-38)36-32(47)35-10-15-14-49-29-22(13-40(29)25(15)31(45)46)37-23(41)8-18-2-1-7-48-18;;/h1-2,7,9,12,16-17,22,29H,3-6,8,10-11,13-14H2,(H,37,41)(H,43,44)(H,45,46)(H2,35,36,47);;/q;2*+1/p-2/t16?,22-,29-;;/m1../s1. The van der Waals surface area contributed by atoms with Crippen LogP contribution in [0.1, 0.15) is 40.5 Å². The third-order valence-electron chi connectivity index (χ3n) is 9.20. The summed E-state index contributed by atoms with van der Waals surface area (Å²) in [4.78, 5) is 53.6. The van der Waals surface area contributed by atoms with Crippen LogP contribution in [0.5, 0.6) is 0 Å². The number of aliphatic carboxylic acids is 1. The van der Waals surface area contributed by atoms with Crippen molar-refractivity contribution in [2.75, 3.05) is 36.8 Å². The molecule has 3 atom stereocenters. The molecule has 51 heavy (non-hydrogen) atoms. The molecule has 19 heteroatoms. The summed E-state index contributed by atoms with van der Waals surface area (Å²) in [6.07, 6.45) is 3.67. The second kappa shape index (κ2) is 16.7. The number of aromatic carboxylic acids is 1. The van der Waals surface area contributed by atoms with Crippen LogP contribution in [0.15, 0.2) is 45.8 Å². The summed E-state index contributed by atoms with van der Waals surface area (Å²) in [5.74, 6) is -3.33. The molecule has 0 radical (unpaired) electrons. The fourth-order valence-corrected chi connectivity index (χ4v) is 9.44. The molecule has 3 N–H and O–H groups in total. The van der Waals surface area contributed by atoms with Crippen molar-refractivity contribution in [2.24, 2.45) is 0 Å². The number of carbonyl (C=O) groups excluding carboxylic acids is 3. The summed E-state index contributed by atoms with van der Waals surface area (Å²) in [5, 5.41) is 35.1. The van der Waals surface area contributed by atoms with E-state index in [9.17, 15) is 29.4 Å². The van der Waals surface area contributed by atoms with Crippen LogP contribution < -0.4 is 95.6 Å². The molecule has 0 bridgehead atoms. The fourth-order valence-electron chi connectivity index (χ4n) is 6.72. The molecule has 1 unspecified atom stereocenters. The first-order valence-corrected chi connectivity index (χ1v) is 18.4. The Morgan fingerprint density at radius 3 is 2.53 bits per heavy atom. The van der Waals surface area contributed by atoms with Crippen LogP contribution in [0.4, 0.5) is 10.1 Å². The second-order valence-electron chi connectivity index (χ2n) is 12.5. The van der Waals surface area contributed by atoms with Gasteiger partial charge in [0.25, 0.3) is 0 Å². The predicted molar refractivity (Wildman–Crippen MR) is 185 cm³/mol. The van der Waals surface area contributed by atoms with Crippen molar-refractivity contribution in [3.8, 4) is 0 Å². The number of thiophene rings is 1. The number of thioether (sulfide) groups is 1. The number of rotatable bonds is 10. The predicted octanol–water partition coefficient (Wildman–Crippen LogP) is -5.28. The number of thiocarbonyl (C=S) groups is 1. The van der Waals surface area contributed by atoms with Crippen molar-refractivity contribution in [1.29, 1.82) is 0 Å².